The molecule has 17 nitrogen and oxygen atoms in total. The molecule has 18 heteroatoms. The van der Waals surface area contributed by atoms with Gasteiger partial charge in [0, 0.05) is 74.0 Å². The van der Waals surface area contributed by atoms with Crippen LogP contribution in [0.15, 0.2) is 42.1 Å². The number of likely N-dealkylation sites (tertiary alicyclic amines) is 1. The molecule has 0 spiro atoms. The number of carboxylic acid groups (broad SMARTS) is 2. The Balaban J connectivity index is 1.58. The maximum atomic E-state index is 14.0. The number of para-hydroxylation sites is 1. The third-order valence-electron chi connectivity index (χ3n) is 10.2. The average molecular weight is 828 g/mol. The van der Waals surface area contributed by atoms with Gasteiger partial charge in [-0.15, -0.1) is 11.8 Å². The lowest BCUT2D eigenvalue weighted by Gasteiger charge is -2.38. The van der Waals surface area contributed by atoms with Crippen LogP contribution in [0, 0.1) is 5.41 Å². The number of hydrogen-bond acceptors (Lipinski definition) is 10. The molecule has 1 aliphatic heterocycles. The van der Waals surface area contributed by atoms with Crippen LogP contribution in [0.1, 0.15) is 66.4 Å². The van der Waals surface area contributed by atoms with E-state index in [0.717, 1.165) is 33.1 Å². The Hall–Kier alpha value is -5.23. The first kappa shape index (κ1) is 47.1. The van der Waals surface area contributed by atoms with Crippen LogP contribution in [0.25, 0.3) is 10.9 Å². The first-order valence-electron chi connectivity index (χ1n) is 18.9. The van der Waals surface area contributed by atoms with Crippen molar-refractivity contribution in [2.75, 3.05) is 39.5 Å². The fraction of sp³-hybridized carbons (Fsp3) is 0.550. The van der Waals surface area contributed by atoms with E-state index in [1.165, 1.54) is 24.9 Å². The van der Waals surface area contributed by atoms with Crippen LogP contribution in [0.2, 0.25) is 0 Å². The normalized spacial score (nSPS) is 16.5. The first-order valence-corrected chi connectivity index (χ1v) is 20.0. The highest BCUT2D eigenvalue weighted by Gasteiger charge is 2.42. The molecule has 6 N–H and O–H groups in total. The van der Waals surface area contributed by atoms with E-state index in [0.29, 0.717) is 0 Å². The second-order valence-corrected chi connectivity index (χ2v) is 17.3. The van der Waals surface area contributed by atoms with Gasteiger partial charge in [0.2, 0.25) is 35.4 Å². The van der Waals surface area contributed by atoms with Crippen molar-refractivity contribution < 1.29 is 48.6 Å². The van der Waals surface area contributed by atoms with Crippen LogP contribution in [-0.4, -0.2) is 135 Å². The molecule has 0 aliphatic carbocycles. The molecule has 318 valence electrons. The summed E-state index contributed by atoms with van der Waals surface area (Å²) in [5.41, 5.74) is 0.671. The number of carbonyl (C=O) groups excluding carboxylic acids is 6. The highest BCUT2D eigenvalue weighted by Crippen LogP contribution is 2.35. The zero-order valence-corrected chi connectivity index (χ0v) is 35.5. The van der Waals surface area contributed by atoms with Gasteiger partial charge in [0.1, 0.15) is 12.1 Å². The summed E-state index contributed by atoms with van der Waals surface area (Å²) in [6, 6.07) is 4.65. The maximum absolute atomic E-state index is 14.0. The van der Waals surface area contributed by atoms with E-state index in [2.05, 4.69) is 21.3 Å². The molecule has 1 saturated heterocycles. The molecule has 1 aliphatic rings. The van der Waals surface area contributed by atoms with Gasteiger partial charge in [0.05, 0.1) is 24.1 Å². The van der Waals surface area contributed by atoms with Gasteiger partial charge in [-0.1, -0.05) is 58.9 Å². The SMILES string of the molecule is CN[C@H](C(=O)NC(C(=O)N(C)C/C=C(\C)C(=O)N[C@H](CC(=O)NCCN1C(=O)CC(SCCC(=O)O)C1=O)C(=O)O)C(C)(C)C)C(C)(C)c1cn(C)c2ccccc12. The number of likely N-dealkylation sites (N-methyl/N-ethyl adjacent to an activating group) is 2. The summed E-state index contributed by atoms with van der Waals surface area (Å²) >= 11 is 1.07. The predicted molar refractivity (Wildman–Crippen MR) is 219 cm³/mol. The summed E-state index contributed by atoms with van der Waals surface area (Å²) in [7, 11) is 5.17. The number of aryl methyl sites for hydroxylation is 1. The molecule has 2 heterocycles. The van der Waals surface area contributed by atoms with E-state index in [1.54, 1.807) is 7.05 Å². The van der Waals surface area contributed by atoms with Gasteiger partial charge in [-0.05, 0) is 31.0 Å². The van der Waals surface area contributed by atoms with Gasteiger partial charge in [0.15, 0.2) is 0 Å². The number of nitrogens with zero attached hydrogens (tertiary/aromatic N) is 3. The van der Waals surface area contributed by atoms with Gasteiger partial charge in [0.25, 0.3) is 0 Å². The monoisotopic (exact) mass is 827 g/mol. The molecule has 6 amide bonds. The molecule has 2 aromatic rings. The average Bonchev–Trinajstić information content (AvgIpc) is 3.62. The standard InChI is InChI=1S/C40H57N7O10S/c1-23(34(52)43-26(38(56)57)20-29(48)42-16-18-47-30(49)21-28(36(47)54)58-19-15-31(50)51)14-17-45(8)37(55)33(39(2,3)4)44-35(53)32(41-7)40(5,6)25-22-46(9)27-13-11-10-12-24(25)27/h10-14,22,26,28,32-33,41H,15-21H2,1-9H3,(H,42,48)(H,43,52)(H,44,53)(H,50,51)(H,56,57)/b23-14+/t26-,28?,32-,33?/m1/s1. The van der Waals surface area contributed by atoms with Gasteiger partial charge in [-0.2, -0.15) is 0 Å². The minimum atomic E-state index is -1.61. The predicted octanol–water partition coefficient (Wildman–Crippen LogP) is 1.39. The number of amides is 6. The summed E-state index contributed by atoms with van der Waals surface area (Å²) in [5, 5.41) is 29.7. The Morgan fingerprint density at radius 3 is 2.28 bits per heavy atom. The number of thioether (sulfide) groups is 1. The molecule has 2 unspecified atom stereocenters. The molecule has 1 aromatic carbocycles. The van der Waals surface area contributed by atoms with Crippen LogP contribution < -0.4 is 21.3 Å². The summed E-state index contributed by atoms with van der Waals surface area (Å²) in [4.78, 5) is 103. The van der Waals surface area contributed by atoms with E-state index in [9.17, 15) is 43.5 Å². The number of aromatic nitrogens is 1. The Bertz CT molecular complexity index is 1930. The number of rotatable bonds is 20. The van der Waals surface area contributed by atoms with Crippen LogP contribution in [0.5, 0.6) is 0 Å². The Morgan fingerprint density at radius 2 is 1.67 bits per heavy atom. The second-order valence-electron chi connectivity index (χ2n) is 16.0. The quantitative estimate of drug-likeness (QED) is 0.0821. The third-order valence-corrected chi connectivity index (χ3v) is 11.4. The largest absolute Gasteiger partial charge is 0.481 e. The van der Waals surface area contributed by atoms with Crippen molar-refractivity contribution >= 4 is 70.0 Å². The number of carbonyl (C=O) groups is 8. The molecule has 58 heavy (non-hydrogen) atoms. The molecule has 0 radical (unpaired) electrons. The van der Waals surface area contributed by atoms with Crippen LogP contribution in [-0.2, 0) is 50.8 Å². The van der Waals surface area contributed by atoms with Crippen molar-refractivity contribution in [2.24, 2.45) is 12.5 Å². The Labute approximate surface area is 342 Å². The van der Waals surface area contributed by atoms with Gasteiger partial charge in [-0.3, -0.25) is 38.5 Å². The lowest BCUT2D eigenvalue weighted by molar-refractivity contribution is -0.143. The number of aliphatic carboxylic acids is 2. The van der Waals surface area contributed by atoms with Crippen LogP contribution >= 0.6 is 11.8 Å². The second kappa shape index (κ2) is 20.0. The smallest absolute Gasteiger partial charge is 0.326 e. The number of fused-ring (bicyclic) bond motifs is 1. The number of imide groups is 1. The minimum Gasteiger partial charge on any atom is -0.481 e. The van der Waals surface area contributed by atoms with E-state index in [1.807, 2.05) is 76.7 Å². The van der Waals surface area contributed by atoms with E-state index in [4.69, 9.17) is 5.11 Å². The molecule has 0 bridgehead atoms. The molecule has 4 atom stereocenters. The van der Waals surface area contributed by atoms with Gasteiger partial charge < -0.3 is 40.9 Å². The number of benzene rings is 1. The lowest BCUT2D eigenvalue weighted by atomic mass is 9.76. The van der Waals surface area contributed by atoms with Crippen LogP contribution in [0.3, 0.4) is 0 Å². The maximum Gasteiger partial charge on any atom is 0.326 e. The molecule has 0 saturated carbocycles. The molecule has 1 aromatic heterocycles. The molecular weight excluding hydrogens is 771 g/mol. The number of carboxylic acids is 2. The van der Waals surface area contributed by atoms with Crippen molar-refractivity contribution in [1.82, 2.24) is 35.6 Å². The van der Waals surface area contributed by atoms with Gasteiger partial charge >= 0.3 is 11.9 Å². The zero-order valence-electron chi connectivity index (χ0n) is 34.6. The fourth-order valence-corrected chi connectivity index (χ4v) is 7.83. The Morgan fingerprint density at radius 1 is 1.02 bits per heavy atom. The summed E-state index contributed by atoms with van der Waals surface area (Å²) < 4.78 is 2.01. The minimum absolute atomic E-state index is 0.0530. The highest BCUT2D eigenvalue weighted by molar-refractivity contribution is 8.00. The third kappa shape index (κ3) is 11.9. The lowest BCUT2D eigenvalue weighted by Crippen LogP contribution is -2.60. The van der Waals surface area contributed by atoms with E-state index >= 15 is 0 Å². The van der Waals surface area contributed by atoms with Gasteiger partial charge in [-0.25, -0.2) is 4.79 Å². The molecular formula is C40H57N7O10S. The molecule has 3 rings (SSSR count). The summed E-state index contributed by atoms with van der Waals surface area (Å²) in [5.74, 6) is -5.58. The summed E-state index contributed by atoms with van der Waals surface area (Å²) in [6.07, 6.45) is 2.56. The summed E-state index contributed by atoms with van der Waals surface area (Å²) in [6.45, 7) is 10.5. The number of hydrogen-bond donors (Lipinski definition) is 6. The fourth-order valence-electron chi connectivity index (χ4n) is 6.72. The zero-order chi connectivity index (χ0) is 43.7. The van der Waals surface area contributed by atoms with E-state index < -0.39 is 82.1 Å². The topological polar surface area (TPSA) is 237 Å². The molecule has 1 fully saturated rings. The van der Waals surface area contributed by atoms with Crippen molar-refractivity contribution in [3.05, 3.63) is 47.7 Å². The van der Waals surface area contributed by atoms with Crippen molar-refractivity contribution in [3.63, 3.8) is 0 Å². The van der Waals surface area contributed by atoms with Crippen molar-refractivity contribution in [2.45, 2.75) is 89.6 Å². The van der Waals surface area contributed by atoms with Crippen molar-refractivity contribution in [1.29, 1.82) is 0 Å². The Kier molecular flexibility index (Phi) is 16.2. The van der Waals surface area contributed by atoms with Crippen LogP contribution in [0.4, 0.5) is 0 Å². The first-order chi connectivity index (χ1) is 27.0. The number of nitrogens with one attached hydrogen (secondary N) is 4. The van der Waals surface area contributed by atoms with E-state index in [-0.39, 0.29) is 49.7 Å². The highest BCUT2D eigenvalue weighted by atomic mass is 32.2. The van der Waals surface area contributed by atoms with Crippen molar-refractivity contribution in [3.8, 4) is 0 Å².